The Morgan fingerprint density at radius 3 is 2.70 bits per heavy atom. The van der Waals surface area contributed by atoms with Gasteiger partial charge in [0.15, 0.2) is 0 Å². The second kappa shape index (κ2) is 8.49. The minimum atomic E-state index is -3.41. The summed E-state index contributed by atoms with van der Waals surface area (Å²) in [5.74, 6) is 0.429. The maximum absolute atomic E-state index is 12.2. The van der Waals surface area contributed by atoms with Gasteiger partial charge in [0.25, 0.3) is 0 Å². The van der Waals surface area contributed by atoms with E-state index in [0.717, 1.165) is 48.4 Å². The molecular weight excluding hydrogens is 440 g/mol. The summed E-state index contributed by atoms with van der Waals surface area (Å²) in [6.07, 6.45) is 8.79. The van der Waals surface area contributed by atoms with E-state index in [9.17, 15) is 8.42 Å². The molecule has 1 saturated heterocycles. The first kappa shape index (κ1) is 21.4. The second-order valence-corrected chi connectivity index (χ2v) is 10.2. The third-order valence-corrected chi connectivity index (χ3v) is 7.15. The average molecular weight is 467 g/mol. The number of nitrogens with one attached hydrogen (secondary N) is 2. The first-order chi connectivity index (χ1) is 15.9. The molecule has 0 radical (unpaired) electrons. The number of para-hydroxylation sites is 1. The Hall–Kier alpha value is -3.44. The number of benzene rings is 1. The van der Waals surface area contributed by atoms with Crippen LogP contribution in [0.2, 0.25) is 0 Å². The predicted molar refractivity (Wildman–Crippen MR) is 128 cm³/mol. The number of fused-ring (bicyclic) bond motifs is 1. The zero-order valence-corrected chi connectivity index (χ0v) is 19.3. The average Bonchev–Trinajstić information content (AvgIpc) is 3.45. The van der Waals surface area contributed by atoms with Crippen molar-refractivity contribution in [1.82, 2.24) is 29.7 Å². The molecule has 0 unspecified atom stereocenters. The number of rotatable bonds is 6. The molecule has 172 valence electrons. The number of piperidine rings is 1. The Kier molecular flexibility index (Phi) is 5.51. The van der Waals surface area contributed by atoms with E-state index >= 15 is 0 Å². The Morgan fingerprint density at radius 2 is 1.91 bits per heavy atom. The zero-order valence-electron chi connectivity index (χ0n) is 18.5. The van der Waals surface area contributed by atoms with E-state index in [4.69, 9.17) is 0 Å². The summed E-state index contributed by atoms with van der Waals surface area (Å²) in [4.78, 5) is 4.43. The van der Waals surface area contributed by atoms with Crippen LogP contribution in [0.3, 0.4) is 0 Å². The van der Waals surface area contributed by atoms with Crippen molar-refractivity contribution in [3.8, 4) is 11.3 Å². The van der Waals surface area contributed by atoms with Gasteiger partial charge in [-0.15, -0.1) is 5.10 Å². The molecule has 0 amide bonds. The fourth-order valence-corrected chi connectivity index (χ4v) is 4.63. The van der Waals surface area contributed by atoms with Crippen LogP contribution in [0.15, 0.2) is 55.0 Å². The van der Waals surface area contributed by atoms with Gasteiger partial charge in [-0.25, -0.2) is 17.9 Å². The fourth-order valence-electron chi connectivity index (χ4n) is 4.11. The van der Waals surface area contributed by atoms with Gasteiger partial charge in [-0.1, -0.05) is 18.2 Å². The number of hydrogen-bond acceptors (Lipinski definition) is 7. The maximum atomic E-state index is 12.2. The van der Waals surface area contributed by atoms with Crippen LogP contribution < -0.4 is 14.9 Å². The molecule has 1 aliphatic rings. The minimum absolute atomic E-state index is 0.393. The molecule has 11 heteroatoms. The van der Waals surface area contributed by atoms with E-state index in [0.29, 0.717) is 17.7 Å². The Balaban J connectivity index is 1.47. The monoisotopic (exact) mass is 466 g/mol. The Labute approximate surface area is 192 Å². The lowest BCUT2D eigenvalue weighted by atomic mass is 10.1. The minimum Gasteiger partial charge on any atom is -0.320 e. The topological polar surface area (TPSA) is 109 Å². The molecule has 2 N–H and O–H groups in total. The molecule has 4 aromatic rings. The molecule has 10 nitrogen and oxygen atoms in total. The SMILES string of the molecule is CN(c1ccccc1-c1ccc2cnc(Nc3cnn(C4CCNCC4)c3)nn12)S(C)(=O)=O. The third kappa shape index (κ3) is 4.29. The molecule has 0 bridgehead atoms. The molecule has 0 spiro atoms. The second-order valence-electron chi connectivity index (χ2n) is 8.20. The van der Waals surface area contributed by atoms with Crippen molar-refractivity contribution in [3.63, 3.8) is 0 Å². The van der Waals surface area contributed by atoms with Gasteiger partial charge >= 0.3 is 0 Å². The van der Waals surface area contributed by atoms with Gasteiger partial charge in [-0.2, -0.15) is 5.10 Å². The summed E-state index contributed by atoms with van der Waals surface area (Å²) in [6.45, 7) is 2.00. The van der Waals surface area contributed by atoms with Crippen molar-refractivity contribution in [1.29, 1.82) is 0 Å². The van der Waals surface area contributed by atoms with Crippen molar-refractivity contribution >= 4 is 32.9 Å². The molecule has 4 heterocycles. The van der Waals surface area contributed by atoms with Crippen molar-refractivity contribution in [3.05, 3.63) is 55.0 Å². The van der Waals surface area contributed by atoms with Gasteiger partial charge in [0, 0.05) is 18.8 Å². The van der Waals surface area contributed by atoms with Crippen molar-refractivity contribution in [2.45, 2.75) is 18.9 Å². The lowest BCUT2D eigenvalue weighted by molar-refractivity contribution is 0.343. The lowest BCUT2D eigenvalue weighted by Gasteiger charge is -2.22. The Bertz CT molecular complexity index is 1390. The van der Waals surface area contributed by atoms with Crippen LogP contribution in [0, 0.1) is 0 Å². The highest BCUT2D eigenvalue weighted by Crippen LogP contribution is 2.32. The molecule has 0 aliphatic carbocycles. The molecule has 1 fully saturated rings. The van der Waals surface area contributed by atoms with Gasteiger partial charge in [0.05, 0.1) is 47.3 Å². The summed E-state index contributed by atoms with van der Waals surface area (Å²) < 4.78 is 29.4. The van der Waals surface area contributed by atoms with Gasteiger partial charge < -0.3 is 10.6 Å². The van der Waals surface area contributed by atoms with Gasteiger partial charge in [-0.3, -0.25) is 8.99 Å². The summed E-state index contributed by atoms with van der Waals surface area (Å²) in [7, 11) is -1.87. The van der Waals surface area contributed by atoms with Crippen LogP contribution in [0.4, 0.5) is 17.3 Å². The van der Waals surface area contributed by atoms with E-state index in [1.807, 2.05) is 41.2 Å². The molecule has 0 atom stereocenters. The van der Waals surface area contributed by atoms with Gasteiger partial charge in [0.1, 0.15) is 0 Å². The first-order valence-corrected chi connectivity index (χ1v) is 12.6. The summed E-state index contributed by atoms with van der Waals surface area (Å²) >= 11 is 0. The van der Waals surface area contributed by atoms with Crippen molar-refractivity contribution in [2.75, 3.05) is 36.0 Å². The largest absolute Gasteiger partial charge is 0.320 e. The number of aromatic nitrogens is 5. The van der Waals surface area contributed by atoms with Crippen LogP contribution in [0.1, 0.15) is 18.9 Å². The first-order valence-electron chi connectivity index (χ1n) is 10.8. The molecule has 3 aromatic heterocycles. The van der Waals surface area contributed by atoms with Crippen LogP contribution in [0.25, 0.3) is 16.8 Å². The van der Waals surface area contributed by atoms with Crippen LogP contribution in [-0.4, -0.2) is 59.2 Å². The van der Waals surface area contributed by atoms with E-state index in [1.54, 1.807) is 30.0 Å². The van der Waals surface area contributed by atoms with Crippen LogP contribution in [0.5, 0.6) is 0 Å². The number of hydrogen-bond donors (Lipinski definition) is 2. The van der Waals surface area contributed by atoms with E-state index in [-0.39, 0.29) is 0 Å². The van der Waals surface area contributed by atoms with Crippen LogP contribution in [-0.2, 0) is 10.0 Å². The lowest BCUT2D eigenvalue weighted by Crippen LogP contribution is -2.29. The molecular formula is C22H26N8O2S. The summed E-state index contributed by atoms with van der Waals surface area (Å²) in [6, 6.07) is 11.6. The van der Waals surface area contributed by atoms with Gasteiger partial charge in [-0.05, 0) is 44.1 Å². The molecule has 0 saturated carbocycles. The summed E-state index contributed by atoms with van der Waals surface area (Å²) in [5, 5.41) is 15.8. The Morgan fingerprint density at radius 1 is 1.12 bits per heavy atom. The standard InChI is InChI=1S/C22H26N8O2S/c1-28(33(2,31)32)20-6-4-3-5-19(20)21-8-7-18-14-24-22(27-30(18)21)26-16-13-25-29(15-16)17-9-11-23-12-10-17/h3-8,13-15,17,23H,9-12H2,1-2H3,(H,26,27). The highest BCUT2D eigenvalue weighted by molar-refractivity contribution is 7.92. The highest BCUT2D eigenvalue weighted by Gasteiger charge is 2.19. The molecule has 1 aliphatic heterocycles. The van der Waals surface area contributed by atoms with E-state index in [2.05, 4.69) is 25.8 Å². The normalized spacial score (nSPS) is 15.1. The predicted octanol–water partition coefficient (Wildman–Crippen LogP) is 2.66. The summed E-state index contributed by atoms with van der Waals surface area (Å²) in [5.41, 5.74) is 3.73. The third-order valence-electron chi connectivity index (χ3n) is 5.96. The number of sulfonamides is 1. The fraction of sp³-hybridized carbons (Fsp3) is 0.318. The zero-order chi connectivity index (χ0) is 23.0. The van der Waals surface area contributed by atoms with E-state index < -0.39 is 10.0 Å². The molecule has 33 heavy (non-hydrogen) atoms. The van der Waals surface area contributed by atoms with E-state index in [1.165, 1.54) is 10.6 Å². The highest BCUT2D eigenvalue weighted by atomic mass is 32.2. The number of anilines is 3. The smallest absolute Gasteiger partial charge is 0.245 e. The van der Waals surface area contributed by atoms with Crippen molar-refractivity contribution in [2.24, 2.45) is 0 Å². The van der Waals surface area contributed by atoms with Gasteiger partial charge in [0.2, 0.25) is 16.0 Å². The maximum Gasteiger partial charge on any atom is 0.245 e. The molecule has 5 rings (SSSR count). The number of nitrogens with zero attached hydrogens (tertiary/aromatic N) is 6. The van der Waals surface area contributed by atoms with Crippen molar-refractivity contribution < 1.29 is 8.42 Å². The quantitative estimate of drug-likeness (QED) is 0.450. The van der Waals surface area contributed by atoms with Crippen LogP contribution >= 0.6 is 0 Å². The molecule has 1 aromatic carbocycles.